The highest BCUT2D eigenvalue weighted by atomic mass is 35.5. The van der Waals surface area contributed by atoms with E-state index in [0.29, 0.717) is 25.2 Å². The van der Waals surface area contributed by atoms with Crippen molar-refractivity contribution in [3.05, 3.63) is 77.6 Å². The van der Waals surface area contributed by atoms with E-state index in [1.165, 1.54) is 11.9 Å². The fraction of sp³-hybridized carbons (Fsp3) is 0.250. The first-order valence-electron chi connectivity index (χ1n) is 8.86. The highest BCUT2D eigenvalue weighted by molar-refractivity contribution is 7.98. The van der Waals surface area contributed by atoms with Crippen LogP contribution in [0.4, 0.5) is 0 Å². The Morgan fingerprint density at radius 2 is 1.72 bits per heavy atom. The molecule has 0 atom stereocenters. The molecule has 0 spiro atoms. The van der Waals surface area contributed by atoms with Crippen molar-refractivity contribution in [1.82, 2.24) is 20.1 Å². The van der Waals surface area contributed by atoms with E-state index in [0.717, 1.165) is 22.9 Å². The number of benzene rings is 2. The van der Waals surface area contributed by atoms with E-state index in [1.54, 1.807) is 11.8 Å². The van der Waals surface area contributed by atoms with Gasteiger partial charge < -0.3 is 10.6 Å². The zero-order valence-electron chi connectivity index (χ0n) is 15.9. The number of carbonyl (C=O) groups is 1. The molecular formula is C20H25Cl2N5OS. The largest absolute Gasteiger partial charge is 0.337 e. The molecule has 9 heteroatoms. The first-order chi connectivity index (χ1) is 13.3. The van der Waals surface area contributed by atoms with Gasteiger partial charge in [-0.1, -0.05) is 54.2 Å². The Kier molecular flexibility index (Phi) is 11.4. The third-order valence-electron chi connectivity index (χ3n) is 4.17. The zero-order chi connectivity index (χ0) is 18.9. The Bertz CT molecular complexity index is 832. The predicted molar refractivity (Wildman–Crippen MR) is 122 cm³/mol. The van der Waals surface area contributed by atoms with Crippen molar-refractivity contribution < 1.29 is 4.79 Å². The van der Waals surface area contributed by atoms with E-state index < -0.39 is 0 Å². The minimum atomic E-state index is 0. The predicted octanol–water partition coefficient (Wildman–Crippen LogP) is 3.58. The second-order valence-corrected chi connectivity index (χ2v) is 7.06. The molecule has 2 aromatic carbocycles. The molecular weight excluding hydrogens is 429 g/mol. The minimum Gasteiger partial charge on any atom is -0.337 e. The molecule has 3 aromatic rings. The average Bonchev–Trinajstić information content (AvgIpc) is 3.24. The summed E-state index contributed by atoms with van der Waals surface area (Å²) >= 11 is 1.57. The highest BCUT2D eigenvalue weighted by Crippen LogP contribution is 2.19. The normalized spacial score (nSPS) is 9.97. The van der Waals surface area contributed by atoms with Crippen LogP contribution in [0.2, 0.25) is 0 Å². The minimum absolute atomic E-state index is 0. The average molecular weight is 454 g/mol. The number of hydrogen-bond acceptors (Lipinski definition) is 5. The second kappa shape index (κ2) is 13.2. The number of thioether (sulfide) groups is 1. The van der Waals surface area contributed by atoms with Gasteiger partial charge in [-0.2, -0.15) is 5.10 Å². The van der Waals surface area contributed by atoms with E-state index >= 15 is 0 Å². The molecule has 29 heavy (non-hydrogen) atoms. The number of nitrogens with two attached hydrogens (primary N) is 1. The molecule has 156 valence electrons. The van der Waals surface area contributed by atoms with Gasteiger partial charge in [0.05, 0.1) is 0 Å². The van der Waals surface area contributed by atoms with Gasteiger partial charge >= 0.3 is 0 Å². The number of amides is 1. The Labute approximate surface area is 187 Å². The molecule has 0 aliphatic carbocycles. The van der Waals surface area contributed by atoms with Crippen molar-refractivity contribution in [3.8, 4) is 0 Å². The molecule has 0 radical (unpaired) electrons. The second-order valence-electron chi connectivity index (χ2n) is 6.09. The van der Waals surface area contributed by atoms with Gasteiger partial charge in [-0.05, 0) is 29.7 Å². The van der Waals surface area contributed by atoms with Crippen molar-refractivity contribution in [2.45, 2.75) is 17.3 Å². The van der Waals surface area contributed by atoms with Crippen LogP contribution in [0, 0.1) is 0 Å². The summed E-state index contributed by atoms with van der Waals surface area (Å²) in [6.07, 6.45) is 2.31. The third-order valence-corrected chi connectivity index (χ3v) is 5.12. The molecule has 0 aliphatic heterocycles. The molecule has 0 unspecified atom stereocenters. The van der Waals surface area contributed by atoms with Crippen LogP contribution >= 0.6 is 36.6 Å². The van der Waals surface area contributed by atoms with Crippen LogP contribution in [0.15, 0.2) is 66.1 Å². The van der Waals surface area contributed by atoms with Crippen molar-refractivity contribution in [2.75, 3.05) is 19.6 Å². The van der Waals surface area contributed by atoms with Crippen LogP contribution in [0.1, 0.15) is 21.5 Å². The lowest BCUT2D eigenvalue weighted by Gasteiger charge is -2.22. The van der Waals surface area contributed by atoms with E-state index in [4.69, 9.17) is 5.73 Å². The Hall–Kier alpha value is -2.06. The Morgan fingerprint density at radius 3 is 2.34 bits per heavy atom. The molecule has 3 rings (SSSR count). The van der Waals surface area contributed by atoms with Gasteiger partial charge in [-0.3, -0.25) is 9.89 Å². The maximum atomic E-state index is 12.9. The summed E-state index contributed by atoms with van der Waals surface area (Å²) in [6, 6.07) is 17.9. The van der Waals surface area contributed by atoms with Crippen LogP contribution in [0.25, 0.3) is 0 Å². The smallest absolute Gasteiger partial charge is 0.253 e. The topological polar surface area (TPSA) is 87.9 Å². The molecule has 1 heterocycles. The summed E-state index contributed by atoms with van der Waals surface area (Å²) in [5.74, 6) is 0.787. The fourth-order valence-corrected chi connectivity index (χ4v) is 3.46. The molecule has 1 aromatic heterocycles. The molecule has 0 saturated carbocycles. The zero-order valence-corrected chi connectivity index (χ0v) is 18.3. The van der Waals surface area contributed by atoms with Gasteiger partial charge in [0.25, 0.3) is 5.91 Å². The van der Waals surface area contributed by atoms with E-state index in [2.05, 4.69) is 27.3 Å². The number of nitrogens with zero attached hydrogens (tertiary/aromatic N) is 3. The fourth-order valence-electron chi connectivity index (χ4n) is 2.72. The number of rotatable bonds is 9. The summed E-state index contributed by atoms with van der Waals surface area (Å²) in [5.41, 5.74) is 8.74. The molecule has 3 N–H and O–H groups in total. The molecule has 6 nitrogen and oxygen atoms in total. The number of halogens is 2. The SMILES string of the molecule is Cl.Cl.NCCN(CCc1ccccc1)C(=O)c1ccc(CSc2ncn[nH]2)cc1. The summed E-state index contributed by atoms with van der Waals surface area (Å²) in [6.45, 7) is 1.66. The van der Waals surface area contributed by atoms with Crippen LogP contribution in [-0.2, 0) is 12.2 Å². The van der Waals surface area contributed by atoms with Crippen LogP contribution < -0.4 is 5.73 Å². The van der Waals surface area contributed by atoms with E-state index in [1.807, 2.05) is 47.4 Å². The number of carbonyl (C=O) groups excluding carboxylic acids is 1. The summed E-state index contributed by atoms with van der Waals surface area (Å²) in [4.78, 5) is 18.8. The van der Waals surface area contributed by atoms with Crippen LogP contribution in [-0.4, -0.2) is 45.6 Å². The standard InChI is InChI=1S/C20H23N5OS.2ClH/c21-11-13-25(12-10-16-4-2-1-3-5-16)19(26)18-8-6-17(7-9-18)14-27-20-22-15-23-24-20;;/h1-9,15H,10-14,21H2,(H,22,23,24);2*1H. The quantitative estimate of drug-likeness (QED) is 0.483. The summed E-state index contributed by atoms with van der Waals surface area (Å²) in [5, 5.41) is 7.44. The lowest BCUT2D eigenvalue weighted by atomic mass is 10.1. The van der Waals surface area contributed by atoms with E-state index in [9.17, 15) is 4.79 Å². The third kappa shape index (κ3) is 7.70. The number of hydrogen-bond donors (Lipinski definition) is 2. The highest BCUT2D eigenvalue weighted by Gasteiger charge is 2.15. The maximum Gasteiger partial charge on any atom is 0.253 e. The lowest BCUT2D eigenvalue weighted by molar-refractivity contribution is 0.0762. The monoisotopic (exact) mass is 453 g/mol. The molecule has 0 fully saturated rings. The first kappa shape index (κ1) is 25.0. The van der Waals surface area contributed by atoms with Crippen molar-refractivity contribution in [2.24, 2.45) is 5.73 Å². The van der Waals surface area contributed by atoms with Crippen LogP contribution in [0.5, 0.6) is 0 Å². The number of aromatic amines is 1. The van der Waals surface area contributed by atoms with Gasteiger partial charge in [0.2, 0.25) is 0 Å². The van der Waals surface area contributed by atoms with Crippen LogP contribution in [0.3, 0.4) is 0 Å². The van der Waals surface area contributed by atoms with Gasteiger partial charge in [0.1, 0.15) is 6.33 Å². The Morgan fingerprint density at radius 1 is 1.00 bits per heavy atom. The van der Waals surface area contributed by atoms with Gasteiger partial charge in [0.15, 0.2) is 5.16 Å². The maximum absolute atomic E-state index is 12.9. The molecule has 0 saturated heterocycles. The molecule has 0 bridgehead atoms. The first-order valence-corrected chi connectivity index (χ1v) is 9.85. The summed E-state index contributed by atoms with van der Waals surface area (Å²) < 4.78 is 0. The number of H-pyrrole nitrogens is 1. The summed E-state index contributed by atoms with van der Waals surface area (Å²) in [7, 11) is 0. The van der Waals surface area contributed by atoms with Gasteiger partial charge in [-0.25, -0.2) is 4.98 Å². The molecule has 0 aliphatic rings. The number of nitrogens with one attached hydrogen (secondary N) is 1. The van der Waals surface area contributed by atoms with Gasteiger partial charge in [-0.15, -0.1) is 24.8 Å². The van der Waals surface area contributed by atoms with Crippen molar-refractivity contribution in [1.29, 1.82) is 0 Å². The van der Waals surface area contributed by atoms with Gasteiger partial charge in [0, 0.05) is 31.0 Å². The van der Waals surface area contributed by atoms with E-state index in [-0.39, 0.29) is 30.7 Å². The van der Waals surface area contributed by atoms with Crippen molar-refractivity contribution >= 4 is 42.5 Å². The lowest BCUT2D eigenvalue weighted by Crippen LogP contribution is -2.36. The Balaban J connectivity index is 0.00000210. The molecule has 1 amide bonds. The van der Waals surface area contributed by atoms with Crippen molar-refractivity contribution in [3.63, 3.8) is 0 Å². The number of aromatic nitrogens is 3.